The predicted molar refractivity (Wildman–Crippen MR) is 86.3 cm³/mol. The van der Waals surface area contributed by atoms with Crippen molar-refractivity contribution >= 4 is 0 Å². The maximum Gasteiger partial charge on any atom is 0.203 e. The number of nitrogens with zero attached hydrogens (tertiary/aromatic N) is 1. The quantitative estimate of drug-likeness (QED) is 0.866. The lowest BCUT2D eigenvalue weighted by molar-refractivity contribution is 0.0743. The van der Waals surface area contributed by atoms with Gasteiger partial charge < -0.3 is 19.3 Å². The summed E-state index contributed by atoms with van der Waals surface area (Å²) in [5.74, 6) is 1.24. The first-order valence-corrected chi connectivity index (χ1v) is 8.08. The van der Waals surface area contributed by atoms with Gasteiger partial charge in [-0.25, -0.2) is 0 Å². The van der Waals surface area contributed by atoms with E-state index < -0.39 is 0 Å². The van der Waals surface area contributed by atoms with Gasteiger partial charge >= 0.3 is 0 Å². The number of rotatable bonds is 3. The number of ether oxygens (including phenoxy) is 3. The first-order chi connectivity index (χ1) is 11.1. The number of fused-ring (bicyclic) bond motifs is 1. The number of aromatic hydroxyl groups is 1. The number of phenolic OH excluding ortho intramolecular Hbond substituents is 1. The van der Waals surface area contributed by atoms with Crippen molar-refractivity contribution in [1.82, 2.24) is 4.90 Å². The van der Waals surface area contributed by atoms with Gasteiger partial charge in [-0.3, -0.25) is 4.90 Å². The van der Waals surface area contributed by atoms with Gasteiger partial charge in [-0.05, 0) is 24.5 Å². The van der Waals surface area contributed by atoms with Crippen LogP contribution in [-0.2, 0) is 16.7 Å². The van der Waals surface area contributed by atoms with E-state index in [1.807, 2.05) is 6.07 Å². The Hall–Kier alpha value is -1.72. The van der Waals surface area contributed by atoms with Gasteiger partial charge in [0.2, 0.25) is 5.75 Å². The zero-order valence-electron chi connectivity index (χ0n) is 13.8. The van der Waals surface area contributed by atoms with Crippen molar-refractivity contribution in [2.75, 3.05) is 27.9 Å². The monoisotopic (exact) mass is 317 g/mol. The minimum atomic E-state index is -0.0559. The third-order valence-corrected chi connectivity index (χ3v) is 5.80. The summed E-state index contributed by atoms with van der Waals surface area (Å²) < 4.78 is 16.5. The minimum absolute atomic E-state index is 0.0559. The van der Waals surface area contributed by atoms with Crippen LogP contribution in [0.15, 0.2) is 18.2 Å². The molecule has 2 bridgehead atoms. The summed E-state index contributed by atoms with van der Waals surface area (Å²) in [7, 11) is 4.96. The highest BCUT2D eigenvalue weighted by Gasteiger charge is 2.54. The Kier molecular flexibility index (Phi) is 3.32. The molecule has 5 nitrogen and oxygen atoms in total. The molecule has 2 aliphatic heterocycles. The van der Waals surface area contributed by atoms with E-state index in [0.29, 0.717) is 17.5 Å². The third kappa shape index (κ3) is 1.86. The maximum absolute atomic E-state index is 10.4. The Labute approximate surface area is 136 Å². The first kappa shape index (κ1) is 14.8. The fourth-order valence-corrected chi connectivity index (χ4v) is 4.73. The summed E-state index contributed by atoms with van der Waals surface area (Å²) >= 11 is 0. The van der Waals surface area contributed by atoms with Crippen LogP contribution in [0.25, 0.3) is 0 Å². The van der Waals surface area contributed by atoms with Crippen LogP contribution >= 0.6 is 0 Å². The van der Waals surface area contributed by atoms with Crippen LogP contribution in [-0.4, -0.2) is 50.0 Å². The Morgan fingerprint density at radius 1 is 1.22 bits per heavy atom. The second-order valence-electron chi connectivity index (χ2n) is 6.63. The molecular formula is C18H23NO4. The molecule has 2 heterocycles. The third-order valence-electron chi connectivity index (χ3n) is 5.80. The smallest absolute Gasteiger partial charge is 0.203 e. The molecule has 4 atom stereocenters. The van der Waals surface area contributed by atoms with Crippen LogP contribution in [0.4, 0.5) is 0 Å². The molecule has 4 unspecified atom stereocenters. The summed E-state index contributed by atoms with van der Waals surface area (Å²) in [6.45, 7) is 1.87. The van der Waals surface area contributed by atoms with E-state index in [1.165, 1.54) is 5.56 Å². The molecule has 3 aliphatic rings. The highest BCUT2D eigenvalue weighted by atomic mass is 16.5. The lowest BCUT2D eigenvalue weighted by atomic mass is 9.66. The Bertz CT molecular complexity index is 671. The molecule has 1 aliphatic carbocycles. The zero-order valence-corrected chi connectivity index (χ0v) is 13.8. The van der Waals surface area contributed by atoms with Gasteiger partial charge in [0.1, 0.15) is 0 Å². The Morgan fingerprint density at radius 3 is 2.70 bits per heavy atom. The van der Waals surface area contributed by atoms with Crippen molar-refractivity contribution in [3.63, 3.8) is 0 Å². The topological polar surface area (TPSA) is 51.2 Å². The molecule has 1 aromatic carbocycles. The van der Waals surface area contributed by atoms with Gasteiger partial charge in [0.05, 0.1) is 20.3 Å². The van der Waals surface area contributed by atoms with Gasteiger partial charge in [0, 0.05) is 37.2 Å². The lowest BCUT2D eigenvalue weighted by Crippen LogP contribution is -2.49. The average Bonchev–Trinajstić information content (AvgIpc) is 2.86. The molecule has 23 heavy (non-hydrogen) atoms. The number of methoxy groups -OCH3 is 3. The van der Waals surface area contributed by atoms with Crippen molar-refractivity contribution in [2.45, 2.75) is 36.9 Å². The van der Waals surface area contributed by atoms with Crippen LogP contribution in [0.1, 0.15) is 24.0 Å². The molecule has 4 rings (SSSR count). The number of benzene rings is 1. The highest BCUT2D eigenvalue weighted by molar-refractivity contribution is 5.63. The summed E-state index contributed by atoms with van der Waals surface area (Å²) in [5, 5.41) is 10.4. The molecule has 0 spiro atoms. The molecule has 0 saturated carbocycles. The van der Waals surface area contributed by atoms with Gasteiger partial charge in [-0.2, -0.15) is 0 Å². The van der Waals surface area contributed by atoms with E-state index in [1.54, 1.807) is 21.3 Å². The van der Waals surface area contributed by atoms with Crippen LogP contribution < -0.4 is 9.47 Å². The zero-order chi connectivity index (χ0) is 16.2. The molecule has 1 aromatic rings. The van der Waals surface area contributed by atoms with E-state index in [-0.39, 0.29) is 17.3 Å². The summed E-state index contributed by atoms with van der Waals surface area (Å²) in [5.41, 5.74) is 2.26. The SMILES string of the molecule is COc1c(O)cc2c(c1OC)CN1CCC23C=CC(OC)CC13. The van der Waals surface area contributed by atoms with Gasteiger partial charge in [-0.15, -0.1) is 0 Å². The normalized spacial score (nSPS) is 34.0. The van der Waals surface area contributed by atoms with E-state index in [2.05, 4.69) is 17.1 Å². The number of hydrogen-bond acceptors (Lipinski definition) is 5. The van der Waals surface area contributed by atoms with E-state index in [4.69, 9.17) is 14.2 Å². The van der Waals surface area contributed by atoms with Crippen molar-refractivity contribution in [2.24, 2.45) is 0 Å². The highest BCUT2D eigenvalue weighted by Crippen LogP contribution is 2.56. The van der Waals surface area contributed by atoms with Crippen molar-refractivity contribution in [3.05, 3.63) is 29.3 Å². The number of phenols is 1. The Morgan fingerprint density at radius 2 is 2.00 bits per heavy atom. The molecule has 124 valence electrons. The standard InChI is InChI=1S/C18H23NO4/c1-21-11-4-5-18-6-7-19(15(18)8-11)10-12-13(18)9-14(20)17(23-3)16(12)22-2/h4-5,9,11,15,20H,6-8,10H2,1-3H3. The van der Waals surface area contributed by atoms with Crippen molar-refractivity contribution < 1.29 is 19.3 Å². The lowest BCUT2D eigenvalue weighted by Gasteiger charge is -2.46. The number of hydrogen-bond donors (Lipinski definition) is 1. The van der Waals surface area contributed by atoms with E-state index in [9.17, 15) is 5.11 Å². The van der Waals surface area contributed by atoms with Gasteiger partial charge in [-0.1, -0.05) is 12.2 Å². The molecule has 0 radical (unpaired) electrons. The van der Waals surface area contributed by atoms with Gasteiger partial charge in [0.25, 0.3) is 0 Å². The van der Waals surface area contributed by atoms with E-state index >= 15 is 0 Å². The second-order valence-corrected chi connectivity index (χ2v) is 6.63. The van der Waals surface area contributed by atoms with Gasteiger partial charge in [0.15, 0.2) is 11.5 Å². The second kappa shape index (κ2) is 5.14. The van der Waals surface area contributed by atoms with E-state index in [0.717, 1.165) is 31.5 Å². The summed E-state index contributed by atoms with van der Waals surface area (Å²) in [6.07, 6.45) is 6.68. The van der Waals surface area contributed by atoms with Crippen molar-refractivity contribution in [3.8, 4) is 17.2 Å². The summed E-state index contributed by atoms with van der Waals surface area (Å²) in [6, 6.07) is 2.30. The van der Waals surface area contributed by atoms with Crippen molar-refractivity contribution in [1.29, 1.82) is 0 Å². The Balaban J connectivity index is 1.93. The molecule has 0 aromatic heterocycles. The molecule has 1 N–H and O–H groups in total. The van der Waals surface area contributed by atoms with Crippen LogP contribution in [0.2, 0.25) is 0 Å². The molecule has 0 amide bonds. The molecule has 1 saturated heterocycles. The fraction of sp³-hybridized carbons (Fsp3) is 0.556. The maximum atomic E-state index is 10.4. The van der Waals surface area contributed by atoms with Crippen LogP contribution in [0.3, 0.4) is 0 Å². The van der Waals surface area contributed by atoms with Crippen LogP contribution in [0, 0.1) is 0 Å². The first-order valence-electron chi connectivity index (χ1n) is 8.08. The fourth-order valence-electron chi connectivity index (χ4n) is 4.73. The predicted octanol–water partition coefficient (Wildman–Crippen LogP) is 2.21. The average molecular weight is 317 g/mol. The molecular weight excluding hydrogens is 294 g/mol. The summed E-state index contributed by atoms with van der Waals surface area (Å²) in [4.78, 5) is 2.51. The largest absolute Gasteiger partial charge is 0.504 e. The minimum Gasteiger partial charge on any atom is -0.504 e. The molecule has 5 heteroatoms. The molecule has 1 fully saturated rings. The van der Waals surface area contributed by atoms with Crippen LogP contribution in [0.5, 0.6) is 17.2 Å².